The van der Waals surface area contributed by atoms with Crippen LogP contribution in [0.25, 0.3) is 0 Å². The van der Waals surface area contributed by atoms with Crippen molar-refractivity contribution in [2.24, 2.45) is 4.99 Å². The Labute approximate surface area is 214 Å². The standard InChI is InChI=1S/C25H36N4O3.HI/c1-26-25(27-15-14-20-12-13-22(30-2)24(32-4)23(20)31-3)28-18-21(29-16-8-9-17-29)19-10-6-5-7-11-19;/h5-7,10-13,21H,8-9,14-18H2,1-4H3,(H2,26,27,28);1H. The van der Waals surface area contributed by atoms with Crippen LogP contribution < -0.4 is 24.8 Å². The number of aliphatic imine (C=N–C) groups is 1. The van der Waals surface area contributed by atoms with E-state index in [1.165, 1.54) is 18.4 Å². The highest BCUT2D eigenvalue weighted by atomic mass is 127. The van der Waals surface area contributed by atoms with Crippen LogP contribution in [0.5, 0.6) is 17.2 Å². The quantitative estimate of drug-likeness (QED) is 0.258. The molecule has 1 aliphatic rings. The number of methoxy groups -OCH3 is 3. The van der Waals surface area contributed by atoms with Gasteiger partial charge in [-0.2, -0.15) is 0 Å². The summed E-state index contributed by atoms with van der Waals surface area (Å²) in [6.45, 7) is 3.81. The first-order chi connectivity index (χ1) is 15.7. The molecule has 0 saturated carbocycles. The zero-order valence-corrected chi connectivity index (χ0v) is 22.4. The number of benzene rings is 2. The van der Waals surface area contributed by atoms with Crippen molar-refractivity contribution in [1.29, 1.82) is 0 Å². The third-order valence-electron chi connectivity index (χ3n) is 5.92. The number of guanidine groups is 1. The van der Waals surface area contributed by atoms with Crippen molar-refractivity contribution in [3.63, 3.8) is 0 Å². The Morgan fingerprint density at radius 2 is 1.64 bits per heavy atom. The molecular formula is C25H37IN4O3. The average molecular weight is 569 g/mol. The Bertz CT molecular complexity index is 873. The summed E-state index contributed by atoms with van der Waals surface area (Å²) in [6.07, 6.45) is 3.30. The van der Waals surface area contributed by atoms with Gasteiger partial charge in [0.1, 0.15) is 0 Å². The van der Waals surface area contributed by atoms with Gasteiger partial charge < -0.3 is 24.8 Å². The second kappa shape index (κ2) is 14.1. The Morgan fingerprint density at radius 3 is 2.24 bits per heavy atom. The molecule has 0 aliphatic carbocycles. The molecule has 0 bridgehead atoms. The van der Waals surface area contributed by atoms with Crippen LogP contribution in [0, 0.1) is 0 Å². The minimum Gasteiger partial charge on any atom is -0.493 e. The number of nitrogens with one attached hydrogen (secondary N) is 2. The molecule has 33 heavy (non-hydrogen) atoms. The second-order valence-electron chi connectivity index (χ2n) is 7.79. The second-order valence-corrected chi connectivity index (χ2v) is 7.79. The molecule has 0 aromatic heterocycles. The highest BCUT2D eigenvalue weighted by Gasteiger charge is 2.23. The maximum Gasteiger partial charge on any atom is 0.203 e. The molecule has 2 aromatic rings. The van der Waals surface area contributed by atoms with Gasteiger partial charge in [-0.1, -0.05) is 36.4 Å². The minimum absolute atomic E-state index is 0. The smallest absolute Gasteiger partial charge is 0.203 e. The lowest BCUT2D eigenvalue weighted by atomic mass is 10.1. The maximum absolute atomic E-state index is 5.59. The fraction of sp³-hybridized carbons (Fsp3) is 0.480. The molecule has 1 unspecified atom stereocenters. The monoisotopic (exact) mass is 568 g/mol. The lowest BCUT2D eigenvalue weighted by Gasteiger charge is -2.29. The van der Waals surface area contributed by atoms with Gasteiger partial charge in [-0.3, -0.25) is 9.89 Å². The van der Waals surface area contributed by atoms with Gasteiger partial charge in [0.15, 0.2) is 17.5 Å². The Morgan fingerprint density at radius 1 is 0.939 bits per heavy atom. The van der Waals surface area contributed by atoms with Crippen molar-refractivity contribution in [3.05, 3.63) is 53.6 Å². The normalized spacial score (nSPS) is 14.8. The highest BCUT2D eigenvalue weighted by Crippen LogP contribution is 2.39. The molecule has 0 radical (unpaired) electrons. The molecule has 0 spiro atoms. The Hall–Kier alpha value is -2.20. The number of ether oxygens (including phenoxy) is 3. The largest absolute Gasteiger partial charge is 0.493 e. The van der Waals surface area contributed by atoms with Crippen molar-refractivity contribution in [2.75, 3.05) is 54.6 Å². The van der Waals surface area contributed by atoms with E-state index in [0.717, 1.165) is 37.6 Å². The summed E-state index contributed by atoms with van der Waals surface area (Å²) >= 11 is 0. The molecule has 1 aliphatic heterocycles. The first kappa shape index (κ1) is 27.0. The van der Waals surface area contributed by atoms with E-state index in [4.69, 9.17) is 14.2 Å². The van der Waals surface area contributed by atoms with Crippen LogP contribution in [0.2, 0.25) is 0 Å². The van der Waals surface area contributed by atoms with E-state index in [1.807, 2.05) is 12.1 Å². The van der Waals surface area contributed by atoms with Crippen molar-refractivity contribution >= 4 is 29.9 Å². The molecule has 8 heteroatoms. The lowest BCUT2D eigenvalue weighted by Crippen LogP contribution is -2.43. The van der Waals surface area contributed by atoms with Crippen LogP contribution >= 0.6 is 24.0 Å². The van der Waals surface area contributed by atoms with Gasteiger partial charge in [0.2, 0.25) is 5.75 Å². The summed E-state index contributed by atoms with van der Waals surface area (Å²) in [4.78, 5) is 6.97. The van der Waals surface area contributed by atoms with E-state index < -0.39 is 0 Å². The van der Waals surface area contributed by atoms with Crippen LogP contribution in [0.4, 0.5) is 0 Å². The lowest BCUT2D eigenvalue weighted by molar-refractivity contribution is 0.245. The number of nitrogens with zero attached hydrogens (tertiary/aromatic N) is 2. The van der Waals surface area contributed by atoms with Gasteiger partial charge in [-0.05, 0) is 44.0 Å². The molecule has 1 atom stereocenters. The highest BCUT2D eigenvalue weighted by molar-refractivity contribution is 14.0. The average Bonchev–Trinajstić information content (AvgIpc) is 3.37. The van der Waals surface area contributed by atoms with E-state index in [9.17, 15) is 0 Å². The van der Waals surface area contributed by atoms with Crippen molar-refractivity contribution < 1.29 is 14.2 Å². The molecule has 3 rings (SSSR count). The first-order valence-corrected chi connectivity index (χ1v) is 11.2. The number of likely N-dealkylation sites (tertiary alicyclic amines) is 1. The van der Waals surface area contributed by atoms with Crippen LogP contribution in [0.1, 0.15) is 30.0 Å². The zero-order valence-electron chi connectivity index (χ0n) is 20.1. The maximum atomic E-state index is 5.59. The summed E-state index contributed by atoms with van der Waals surface area (Å²) < 4.78 is 16.5. The third kappa shape index (κ3) is 7.14. The molecule has 7 nitrogen and oxygen atoms in total. The van der Waals surface area contributed by atoms with Crippen molar-refractivity contribution in [3.8, 4) is 17.2 Å². The van der Waals surface area contributed by atoms with Crippen molar-refractivity contribution in [1.82, 2.24) is 15.5 Å². The van der Waals surface area contributed by atoms with Gasteiger partial charge in [0.25, 0.3) is 0 Å². The predicted molar refractivity (Wildman–Crippen MR) is 145 cm³/mol. The topological polar surface area (TPSA) is 67.4 Å². The molecule has 1 heterocycles. The SMILES string of the molecule is CN=C(NCCc1ccc(OC)c(OC)c1OC)NCC(c1ccccc1)N1CCCC1.I. The molecule has 2 aromatic carbocycles. The summed E-state index contributed by atoms with van der Waals surface area (Å²) in [7, 11) is 6.70. The molecule has 1 saturated heterocycles. The summed E-state index contributed by atoms with van der Waals surface area (Å²) in [5, 5.41) is 6.95. The zero-order chi connectivity index (χ0) is 22.8. The third-order valence-corrected chi connectivity index (χ3v) is 5.92. The van der Waals surface area contributed by atoms with Crippen molar-refractivity contribution in [2.45, 2.75) is 25.3 Å². The number of halogens is 1. The van der Waals surface area contributed by atoms with Gasteiger partial charge >= 0.3 is 0 Å². The summed E-state index contributed by atoms with van der Waals surface area (Å²) in [6, 6.07) is 15.0. The van der Waals surface area contributed by atoms with Crippen LogP contribution in [-0.4, -0.2) is 65.4 Å². The van der Waals surface area contributed by atoms with Gasteiger partial charge in [0, 0.05) is 25.7 Å². The Kier molecular flexibility index (Phi) is 11.6. The van der Waals surface area contributed by atoms with E-state index in [0.29, 0.717) is 29.8 Å². The van der Waals surface area contributed by atoms with Gasteiger partial charge in [-0.15, -0.1) is 24.0 Å². The predicted octanol–water partition coefficient (Wildman–Crippen LogP) is 3.88. The molecular weight excluding hydrogens is 531 g/mol. The van der Waals surface area contributed by atoms with Gasteiger partial charge in [-0.25, -0.2) is 0 Å². The van der Waals surface area contributed by atoms with Crippen LogP contribution in [-0.2, 0) is 6.42 Å². The molecule has 182 valence electrons. The summed E-state index contributed by atoms with van der Waals surface area (Å²) in [5.41, 5.74) is 2.39. The van der Waals surface area contributed by atoms with E-state index in [-0.39, 0.29) is 24.0 Å². The fourth-order valence-electron chi connectivity index (χ4n) is 4.28. The van der Waals surface area contributed by atoms with E-state index in [2.05, 4.69) is 50.9 Å². The molecule has 1 fully saturated rings. The molecule has 0 amide bonds. The fourth-order valence-corrected chi connectivity index (χ4v) is 4.28. The minimum atomic E-state index is 0. The van der Waals surface area contributed by atoms with E-state index in [1.54, 1.807) is 28.4 Å². The Balaban J connectivity index is 0.00000385. The number of hydrogen-bond donors (Lipinski definition) is 2. The van der Waals surface area contributed by atoms with Crippen LogP contribution in [0.3, 0.4) is 0 Å². The summed E-state index contributed by atoms with van der Waals surface area (Å²) in [5.74, 6) is 2.78. The molecule has 2 N–H and O–H groups in total. The number of rotatable bonds is 10. The first-order valence-electron chi connectivity index (χ1n) is 11.2. The van der Waals surface area contributed by atoms with Gasteiger partial charge in [0.05, 0.1) is 27.4 Å². The van der Waals surface area contributed by atoms with E-state index >= 15 is 0 Å². The number of hydrogen-bond acceptors (Lipinski definition) is 5. The van der Waals surface area contributed by atoms with Crippen LogP contribution in [0.15, 0.2) is 47.5 Å².